The minimum atomic E-state index is -3.63. The number of ether oxygens (including phenoxy) is 2. The van der Waals surface area contributed by atoms with Crippen molar-refractivity contribution in [3.05, 3.63) is 18.2 Å². The predicted molar refractivity (Wildman–Crippen MR) is 93.3 cm³/mol. The van der Waals surface area contributed by atoms with Gasteiger partial charge in [-0.1, -0.05) is 0 Å². The Morgan fingerprint density at radius 1 is 1.17 bits per heavy atom. The molecular weight excluding hydrogens is 334 g/mol. The second-order valence-electron chi connectivity index (χ2n) is 5.46. The molecule has 24 heavy (non-hydrogen) atoms. The van der Waals surface area contributed by atoms with Crippen LogP contribution in [0.4, 0.5) is 5.69 Å². The maximum absolute atomic E-state index is 12.1. The first-order valence-corrected chi connectivity index (χ1v) is 9.15. The number of sulfonamides is 1. The average molecular weight is 359 g/mol. The first kappa shape index (κ1) is 20.0. The lowest BCUT2D eigenvalue weighted by molar-refractivity contribution is -0.119. The van der Waals surface area contributed by atoms with E-state index < -0.39 is 10.0 Å². The lowest BCUT2D eigenvalue weighted by Crippen LogP contribution is -2.42. The molecule has 0 saturated heterocycles. The smallest absolute Gasteiger partial charge is 0.240 e. The fraction of sp³-hybridized carbons (Fsp3) is 0.533. The largest absolute Gasteiger partial charge is 0.493 e. The number of amides is 1. The molecule has 136 valence electrons. The number of nitrogens with zero attached hydrogens (tertiary/aromatic N) is 2. The molecule has 0 atom stereocenters. The number of carbonyl (C=O) groups excluding carboxylic acids is 1. The van der Waals surface area contributed by atoms with Crippen LogP contribution in [0.2, 0.25) is 0 Å². The molecule has 0 aliphatic rings. The van der Waals surface area contributed by atoms with Gasteiger partial charge in [0, 0.05) is 19.2 Å². The molecule has 0 aromatic heterocycles. The molecule has 0 bridgehead atoms. The molecule has 1 N–H and O–H groups in total. The Bertz CT molecular complexity index is 661. The molecule has 9 heteroatoms. The monoisotopic (exact) mass is 359 g/mol. The second kappa shape index (κ2) is 8.74. The molecule has 0 aliphatic heterocycles. The minimum Gasteiger partial charge on any atom is -0.493 e. The quantitative estimate of drug-likeness (QED) is 0.675. The van der Waals surface area contributed by atoms with Crippen molar-refractivity contribution >= 4 is 21.6 Å². The van der Waals surface area contributed by atoms with Crippen molar-refractivity contribution in [2.24, 2.45) is 0 Å². The molecule has 1 amide bonds. The van der Waals surface area contributed by atoms with Crippen molar-refractivity contribution in [3.8, 4) is 11.5 Å². The third-order valence-corrected chi connectivity index (χ3v) is 4.36. The summed E-state index contributed by atoms with van der Waals surface area (Å²) in [4.78, 5) is 14.0. The van der Waals surface area contributed by atoms with Gasteiger partial charge >= 0.3 is 0 Å². The highest BCUT2D eigenvalue weighted by Gasteiger charge is 2.22. The molecule has 1 aromatic rings. The fourth-order valence-electron chi connectivity index (χ4n) is 1.99. The zero-order valence-electron chi connectivity index (χ0n) is 14.7. The average Bonchev–Trinajstić information content (AvgIpc) is 2.50. The van der Waals surface area contributed by atoms with Crippen LogP contribution in [0, 0.1) is 0 Å². The molecule has 1 rings (SSSR count). The van der Waals surface area contributed by atoms with E-state index in [-0.39, 0.29) is 12.5 Å². The lowest BCUT2D eigenvalue weighted by atomic mass is 10.2. The van der Waals surface area contributed by atoms with E-state index in [1.807, 2.05) is 19.0 Å². The fourth-order valence-corrected chi connectivity index (χ4v) is 2.83. The van der Waals surface area contributed by atoms with Gasteiger partial charge in [0.2, 0.25) is 15.9 Å². The molecule has 0 fully saturated rings. The standard InChI is InChI=1S/C15H25N3O5S/c1-17(2)9-8-16-15(19)11-18(24(5,20)21)12-6-7-13(22-3)14(10-12)23-4/h6-7,10H,8-9,11H2,1-5H3,(H,16,19). The van der Waals surface area contributed by atoms with Gasteiger partial charge in [0.15, 0.2) is 11.5 Å². The highest BCUT2D eigenvalue weighted by atomic mass is 32.2. The molecule has 1 aromatic carbocycles. The Labute approximate surface area is 143 Å². The van der Waals surface area contributed by atoms with Gasteiger partial charge in [0.1, 0.15) is 6.54 Å². The van der Waals surface area contributed by atoms with E-state index in [1.165, 1.54) is 20.3 Å². The molecule has 0 radical (unpaired) electrons. The van der Waals surface area contributed by atoms with Crippen LogP contribution in [-0.2, 0) is 14.8 Å². The van der Waals surface area contributed by atoms with E-state index in [0.29, 0.717) is 30.3 Å². The van der Waals surface area contributed by atoms with Crippen LogP contribution in [0.1, 0.15) is 0 Å². The van der Waals surface area contributed by atoms with E-state index in [2.05, 4.69) is 5.32 Å². The zero-order valence-corrected chi connectivity index (χ0v) is 15.5. The Morgan fingerprint density at radius 2 is 1.79 bits per heavy atom. The van der Waals surface area contributed by atoms with Gasteiger partial charge in [-0.05, 0) is 26.2 Å². The number of rotatable bonds is 9. The minimum absolute atomic E-state index is 0.304. The first-order chi connectivity index (χ1) is 11.2. The van der Waals surface area contributed by atoms with Gasteiger partial charge in [-0.2, -0.15) is 0 Å². The number of carbonyl (C=O) groups is 1. The molecule has 0 saturated carbocycles. The van der Waals surface area contributed by atoms with E-state index >= 15 is 0 Å². The normalized spacial score (nSPS) is 11.2. The van der Waals surface area contributed by atoms with Crippen LogP contribution in [0.5, 0.6) is 11.5 Å². The van der Waals surface area contributed by atoms with Gasteiger partial charge in [0.25, 0.3) is 0 Å². The number of likely N-dealkylation sites (N-methyl/N-ethyl adjacent to an activating group) is 1. The van der Waals surface area contributed by atoms with Crippen LogP contribution >= 0.6 is 0 Å². The summed E-state index contributed by atoms with van der Waals surface area (Å²) in [6.45, 7) is 0.804. The summed E-state index contributed by atoms with van der Waals surface area (Å²) < 4.78 is 35.5. The molecule has 0 unspecified atom stereocenters. The number of hydrogen-bond donors (Lipinski definition) is 1. The summed E-state index contributed by atoms with van der Waals surface area (Å²) in [6.07, 6.45) is 1.05. The lowest BCUT2D eigenvalue weighted by Gasteiger charge is -2.23. The van der Waals surface area contributed by atoms with Crippen LogP contribution in [0.3, 0.4) is 0 Å². The van der Waals surface area contributed by atoms with Gasteiger partial charge in [0.05, 0.1) is 26.2 Å². The third kappa shape index (κ3) is 5.89. The summed E-state index contributed by atoms with van der Waals surface area (Å²) >= 11 is 0. The zero-order chi connectivity index (χ0) is 18.3. The SMILES string of the molecule is COc1ccc(N(CC(=O)NCCN(C)C)S(C)(=O)=O)cc1OC. The number of methoxy groups -OCH3 is 2. The number of nitrogens with one attached hydrogen (secondary N) is 1. The summed E-state index contributed by atoms with van der Waals surface area (Å²) in [5.74, 6) is 0.485. The summed E-state index contributed by atoms with van der Waals surface area (Å²) in [7, 11) is 3.09. The van der Waals surface area contributed by atoms with Crippen LogP contribution in [0.25, 0.3) is 0 Å². The van der Waals surface area contributed by atoms with Crippen LogP contribution in [-0.4, -0.2) is 73.4 Å². The van der Waals surface area contributed by atoms with Gasteiger partial charge in [-0.25, -0.2) is 8.42 Å². The highest BCUT2D eigenvalue weighted by molar-refractivity contribution is 7.92. The molecule has 0 aliphatic carbocycles. The van der Waals surface area contributed by atoms with Crippen LogP contribution < -0.4 is 19.1 Å². The van der Waals surface area contributed by atoms with Gasteiger partial charge in [-0.3, -0.25) is 9.10 Å². The van der Waals surface area contributed by atoms with E-state index in [9.17, 15) is 13.2 Å². The first-order valence-electron chi connectivity index (χ1n) is 7.30. The predicted octanol–water partition coefficient (Wildman–Crippen LogP) is 0.148. The summed E-state index contributed by atoms with van der Waals surface area (Å²) in [5.41, 5.74) is 0.331. The van der Waals surface area contributed by atoms with E-state index in [4.69, 9.17) is 9.47 Å². The third-order valence-electron chi connectivity index (χ3n) is 3.22. The highest BCUT2D eigenvalue weighted by Crippen LogP contribution is 2.32. The molecule has 0 heterocycles. The molecule has 0 spiro atoms. The molecular formula is C15H25N3O5S. The van der Waals surface area contributed by atoms with Crippen molar-refractivity contribution in [1.82, 2.24) is 10.2 Å². The number of anilines is 1. The summed E-state index contributed by atoms with van der Waals surface area (Å²) in [6, 6.07) is 4.68. The van der Waals surface area contributed by atoms with E-state index in [1.54, 1.807) is 12.1 Å². The van der Waals surface area contributed by atoms with Crippen molar-refractivity contribution in [2.75, 3.05) is 58.5 Å². The van der Waals surface area contributed by atoms with Crippen LogP contribution in [0.15, 0.2) is 18.2 Å². The van der Waals surface area contributed by atoms with Crippen molar-refractivity contribution in [3.63, 3.8) is 0 Å². The van der Waals surface area contributed by atoms with Gasteiger partial charge < -0.3 is 19.7 Å². The second-order valence-corrected chi connectivity index (χ2v) is 7.37. The Morgan fingerprint density at radius 3 is 2.29 bits per heavy atom. The number of hydrogen-bond acceptors (Lipinski definition) is 6. The van der Waals surface area contributed by atoms with Crippen molar-refractivity contribution < 1.29 is 22.7 Å². The van der Waals surface area contributed by atoms with Crippen molar-refractivity contribution in [2.45, 2.75) is 0 Å². The van der Waals surface area contributed by atoms with Crippen molar-refractivity contribution in [1.29, 1.82) is 0 Å². The Balaban J connectivity index is 2.97. The topological polar surface area (TPSA) is 88.2 Å². The molecule has 8 nitrogen and oxygen atoms in total. The number of benzene rings is 1. The summed E-state index contributed by atoms with van der Waals surface area (Å²) in [5, 5.41) is 2.69. The maximum Gasteiger partial charge on any atom is 0.240 e. The van der Waals surface area contributed by atoms with E-state index in [0.717, 1.165) is 10.6 Å². The maximum atomic E-state index is 12.1. The van der Waals surface area contributed by atoms with Gasteiger partial charge in [-0.15, -0.1) is 0 Å². The Kier molecular flexibility index (Phi) is 7.30. The Hall–Kier alpha value is -2.00.